The summed E-state index contributed by atoms with van der Waals surface area (Å²) in [4.78, 5) is 14.2. The highest BCUT2D eigenvalue weighted by atomic mass is 16.6. The lowest BCUT2D eigenvalue weighted by molar-refractivity contribution is 0.0137. The van der Waals surface area contributed by atoms with Crippen LogP contribution < -0.4 is 9.47 Å². The van der Waals surface area contributed by atoms with E-state index in [1.807, 2.05) is 39.0 Å². The number of piperidine rings is 1. The molecule has 0 radical (unpaired) electrons. The van der Waals surface area contributed by atoms with Crippen LogP contribution in [0.15, 0.2) is 22.7 Å². The number of hydrogen-bond acceptors (Lipinski definition) is 6. The molecule has 0 N–H and O–H groups in total. The van der Waals surface area contributed by atoms with Crippen LogP contribution in [0.1, 0.15) is 52.9 Å². The van der Waals surface area contributed by atoms with E-state index in [0.29, 0.717) is 30.5 Å². The first-order valence-corrected chi connectivity index (χ1v) is 11.0. The second-order valence-corrected chi connectivity index (χ2v) is 9.47. The fourth-order valence-electron chi connectivity index (χ4n) is 3.91. The van der Waals surface area contributed by atoms with Gasteiger partial charge in [-0.3, -0.25) is 0 Å². The average Bonchev–Trinajstić information content (AvgIpc) is 3.08. The number of likely N-dealkylation sites (tertiary alicyclic amines) is 1. The maximum absolute atomic E-state index is 12.4. The Kier molecular flexibility index (Phi) is 6.06. The fourth-order valence-corrected chi connectivity index (χ4v) is 3.91. The maximum atomic E-state index is 12.4. The molecule has 1 aromatic carbocycles. The van der Waals surface area contributed by atoms with Crippen LogP contribution in [0, 0.1) is 11.8 Å². The normalized spacial score (nSPS) is 20.1. The molecule has 4 rings (SSSR count). The fraction of sp³-hybridized carbons (Fsp3) is 0.652. The van der Waals surface area contributed by atoms with Crippen molar-refractivity contribution < 1.29 is 23.5 Å². The number of benzene rings is 1. The van der Waals surface area contributed by atoms with Crippen molar-refractivity contribution in [1.82, 2.24) is 10.1 Å². The molecule has 2 heterocycles. The van der Waals surface area contributed by atoms with Crippen molar-refractivity contribution in [3.63, 3.8) is 0 Å². The number of amides is 1. The number of rotatable bonds is 6. The van der Waals surface area contributed by atoms with Gasteiger partial charge in [0, 0.05) is 19.0 Å². The molecule has 0 bridgehead atoms. The number of nitrogens with zero attached hydrogens (tertiary/aromatic N) is 2. The van der Waals surface area contributed by atoms with Crippen molar-refractivity contribution in [3.8, 4) is 11.6 Å². The smallest absolute Gasteiger partial charge is 0.410 e. The molecule has 2 fully saturated rings. The Morgan fingerprint density at radius 1 is 1.13 bits per heavy atom. The average molecular weight is 417 g/mol. The van der Waals surface area contributed by atoms with Crippen molar-refractivity contribution in [1.29, 1.82) is 0 Å². The Bertz CT molecular complexity index is 868. The summed E-state index contributed by atoms with van der Waals surface area (Å²) in [5.74, 6) is 2.09. The third-order valence-electron chi connectivity index (χ3n) is 5.75. The second-order valence-electron chi connectivity index (χ2n) is 9.47. The minimum absolute atomic E-state index is 0.223. The van der Waals surface area contributed by atoms with Gasteiger partial charge in [-0.05, 0) is 69.7 Å². The number of fused-ring (bicyclic) bond motifs is 1. The van der Waals surface area contributed by atoms with Crippen molar-refractivity contribution >= 4 is 17.1 Å². The van der Waals surface area contributed by atoms with Gasteiger partial charge in [0.05, 0.1) is 13.2 Å². The minimum Gasteiger partial charge on any atom is -0.492 e. The quantitative estimate of drug-likeness (QED) is 0.657. The molecule has 1 atom stereocenters. The molecule has 1 aromatic heterocycles. The summed E-state index contributed by atoms with van der Waals surface area (Å²) >= 11 is 0. The molecule has 1 saturated heterocycles. The number of ether oxygens (including phenoxy) is 3. The van der Waals surface area contributed by atoms with E-state index in [-0.39, 0.29) is 12.0 Å². The molecule has 7 heteroatoms. The predicted octanol–water partition coefficient (Wildman–Crippen LogP) is 5.03. The highest BCUT2D eigenvalue weighted by Gasteiger charge is 2.28. The first-order chi connectivity index (χ1) is 14.4. The van der Waals surface area contributed by atoms with Gasteiger partial charge in [-0.1, -0.05) is 12.5 Å². The second kappa shape index (κ2) is 8.74. The van der Waals surface area contributed by atoms with Crippen LogP contribution in [0.4, 0.5) is 4.79 Å². The van der Waals surface area contributed by atoms with Gasteiger partial charge in [-0.2, -0.15) is 0 Å². The topological polar surface area (TPSA) is 74.0 Å². The summed E-state index contributed by atoms with van der Waals surface area (Å²) in [6.45, 7) is 8.18. The van der Waals surface area contributed by atoms with Crippen molar-refractivity contribution in [2.75, 3.05) is 26.3 Å². The molecule has 164 valence electrons. The maximum Gasteiger partial charge on any atom is 0.410 e. The summed E-state index contributed by atoms with van der Waals surface area (Å²) in [5, 5.41) is 4.91. The zero-order valence-electron chi connectivity index (χ0n) is 18.2. The molecule has 1 aliphatic heterocycles. The van der Waals surface area contributed by atoms with E-state index in [1.54, 1.807) is 4.90 Å². The summed E-state index contributed by atoms with van der Waals surface area (Å²) in [6.07, 6.45) is 5.44. The van der Waals surface area contributed by atoms with E-state index in [2.05, 4.69) is 5.16 Å². The molecule has 2 aliphatic rings. The van der Waals surface area contributed by atoms with Crippen LogP contribution >= 0.6 is 0 Å². The number of carbonyl (C=O) groups excluding carboxylic acids is 1. The van der Waals surface area contributed by atoms with Crippen LogP contribution in [-0.2, 0) is 4.74 Å². The van der Waals surface area contributed by atoms with Crippen LogP contribution in [0.2, 0.25) is 0 Å². The Labute approximate surface area is 177 Å². The van der Waals surface area contributed by atoms with Gasteiger partial charge in [-0.15, -0.1) is 0 Å². The van der Waals surface area contributed by atoms with Gasteiger partial charge < -0.3 is 23.6 Å². The lowest BCUT2D eigenvalue weighted by Crippen LogP contribution is -2.44. The summed E-state index contributed by atoms with van der Waals surface area (Å²) in [5.41, 5.74) is 0.172. The molecule has 7 nitrogen and oxygen atoms in total. The zero-order chi connectivity index (χ0) is 21.1. The van der Waals surface area contributed by atoms with Crippen molar-refractivity contribution in [2.45, 2.75) is 58.5 Å². The number of aromatic nitrogens is 1. The molecule has 2 aromatic rings. The molecule has 1 unspecified atom stereocenters. The van der Waals surface area contributed by atoms with Gasteiger partial charge in [0.25, 0.3) is 5.88 Å². The van der Waals surface area contributed by atoms with E-state index in [0.717, 1.165) is 37.1 Å². The molecular weight excluding hydrogens is 384 g/mol. The standard InChI is InChI=1S/C23H32N2O5/c1-23(2,3)29-22(26)25-12-6-9-17(13-25)15-28-21-20-18(27-14-16-7-4-8-16)10-5-11-19(20)30-24-21/h5,10-11,16-17H,4,6-9,12-15H2,1-3H3. The zero-order valence-corrected chi connectivity index (χ0v) is 18.2. The lowest BCUT2D eigenvalue weighted by Gasteiger charge is -2.33. The van der Waals surface area contributed by atoms with Crippen LogP contribution in [0.5, 0.6) is 11.6 Å². The summed E-state index contributed by atoms with van der Waals surface area (Å²) in [6, 6.07) is 5.72. The molecule has 30 heavy (non-hydrogen) atoms. The van der Waals surface area contributed by atoms with E-state index in [9.17, 15) is 4.79 Å². The highest BCUT2D eigenvalue weighted by molar-refractivity contribution is 5.88. The van der Waals surface area contributed by atoms with Gasteiger partial charge in [-0.25, -0.2) is 4.79 Å². The van der Waals surface area contributed by atoms with Crippen molar-refractivity contribution in [2.24, 2.45) is 11.8 Å². The molecule has 1 saturated carbocycles. The Morgan fingerprint density at radius 3 is 2.63 bits per heavy atom. The number of hydrogen-bond donors (Lipinski definition) is 0. The van der Waals surface area contributed by atoms with Crippen molar-refractivity contribution in [3.05, 3.63) is 18.2 Å². The van der Waals surface area contributed by atoms with Crippen LogP contribution in [0.3, 0.4) is 0 Å². The van der Waals surface area contributed by atoms with Gasteiger partial charge in [0.1, 0.15) is 16.7 Å². The highest BCUT2D eigenvalue weighted by Crippen LogP contribution is 2.35. The number of carbonyl (C=O) groups is 1. The van der Waals surface area contributed by atoms with Gasteiger partial charge in [0.15, 0.2) is 5.58 Å². The van der Waals surface area contributed by atoms with E-state index in [4.69, 9.17) is 18.7 Å². The first-order valence-electron chi connectivity index (χ1n) is 11.0. The largest absolute Gasteiger partial charge is 0.492 e. The van der Waals surface area contributed by atoms with E-state index >= 15 is 0 Å². The third kappa shape index (κ3) is 4.99. The third-order valence-corrected chi connectivity index (χ3v) is 5.75. The first kappa shape index (κ1) is 20.8. The van der Waals surface area contributed by atoms with Gasteiger partial charge in [0.2, 0.25) is 0 Å². The monoisotopic (exact) mass is 416 g/mol. The van der Waals surface area contributed by atoms with Crippen LogP contribution in [-0.4, -0.2) is 48.1 Å². The molecular formula is C23H32N2O5. The van der Waals surface area contributed by atoms with Gasteiger partial charge >= 0.3 is 6.09 Å². The Balaban J connectivity index is 1.37. The molecule has 1 amide bonds. The summed E-state index contributed by atoms with van der Waals surface area (Å²) in [7, 11) is 0. The predicted molar refractivity (Wildman–Crippen MR) is 113 cm³/mol. The Hall–Kier alpha value is -2.44. The lowest BCUT2D eigenvalue weighted by atomic mass is 9.86. The van der Waals surface area contributed by atoms with E-state index in [1.165, 1.54) is 19.3 Å². The molecule has 0 spiro atoms. The summed E-state index contributed by atoms with van der Waals surface area (Å²) < 4.78 is 23.1. The SMILES string of the molecule is CC(C)(C)OC(=O)N1CCCC(COc2noc3cccc(OCC4CCC4)c23)C1. The minimum atomic E-state index is -0.490. The Morgan fingerprint density at radius 2 is 1.90 bits per heavy atom. The molecule has 1 aliphatic carbocycles. The van der Waals surface area contributed by atoms with E-state index < -0.39 is 5.60 Å². The van der Waals surface area contributed by atoms with Crippen LogP contribution in [0.25, 0.3) is 11.0 Å².